The van der Waals surface area contributed by atoms with E-state index in [9.17, 15) is 4.79 Å². The van der Waals surface area contributed by atoms with Gasteiger partial charge in [-0.05, 0) is 25.5 Å². The second-order valence-electron chi connectivity index (χ2n) is 3.04. The molecule has 0 bridgehead atoms. The van der Waals surface area contributed by atoms with Gasteiger partial charge in [0.15, 0.2) is 0 Å². The number of aromatic nitrogens is 1. The van der Waals surface area contributed by atoms with Gasteiger partial charge in [-0.25, -0.2) is 4.79 Å². The van der Waals surface area contributed by atoms with E-state index < -0.39 is 0 Å². The Bertz CT molecular complexity index is 386. The number of nitrogens with zero attached hydrogens (tertiary/aromatic N) is 1. The fraction of sp³-hybridized carbons (Fsp3) is 0.273. The van der Waals surface area contributed by atoms with Gasteiger partial charge >= 0.3 is 5.97 Å². The predicted molar refractivity (Wildman–Crippen MR) is 59.1 cm³/mol. The molecular formula is C11H14N2O2. The van der Waals surface area contributed by atoms with Crippen molar-refractivity contribution in [1.29, 1.82) is 0 Å². The normalized spacial score (nSPS) is 10.5. The predicted octanol–water partition coefficient (Wildman–Crippen LogP) is 1.55. The summed E-state index contributed by atoms with van der Waals surface area (Å²) in [7, 11) is 0. The van der Waals surface area contributed by atoms with Gasteiger partial charge in [-0.2, -0.15) is 0 Å². The quantitative estimate of drug-likeness (QED) is 0.602. The highest BCUT2D eigenvalue weighted by Gasteiger charge is 2.00. The summed E-state index contributed by atoms with van der Waals surface area (Å²) in [6, 6.07) is 0. The second-order valence-corrected chi connectivity index (χ2v) is 3.04. The number of rotatable bonds is 3. The Labute approximate surface area is 88.8 Å². The average molecular weight is 206 g/mol. The Hall–Kier alpha value is -1.84. The molecule has 2 N–H and O–H groups in total. The van der Waals surface area contributed by atoms with Gasteiger partial charge in [-0.3, -0.25) is 4.98 Å². The van der Waals surface area contributed by atoms with Crippen LogP contribution in [0.25, 0.3) is 6.08 Å². The van der Waals surface area contributed by atoms with E-state index in [2.05, 4.69) is 4.98 Å². The first-order chi connectivity index (χ1) is 7.15. The molecule has 0 aliphatic carbocycles. The SMILES string of the molecule is CCOC(=O)/C=C/c1cncc(C)c1N. The molecule has 0 fully saturated rings. The Balaban J connectivity index is 2.81. The number of pyridine rings is 1. The first-order valence-corrected chi connectivity index (χ1v) is 4.70. The third kappa shape index (κ3) is 3.09. The molecule has 80 valence electrons. The molecule has 4 heteroatoms. The topological polar surface area (TPSA) is 65.2 Å². The van der Waals surface area contributed by atoms with Crippen LogP contribution in [-0.4, -0.2) is 17.6 Å². The fourth-order valence-corrected chi connectivity index (χ4v) is 1.08. The van der Waals surface area contributed by atoms with E-state index in [0.717, 1.165) is 11.1 Å². The van der Waals surface area contributed by atoms with Gasteiger partial charge < -0.3 is 10.5 Å². The average Bonchev–Trinajstić information content (AvgIpc) is 2.21. The molecule has 0 aromatic carbocycles. The highest BCUT2D eigenvalue weighted by Crippen LogP contribution is 2.15. The summed E-state index contributed by atoms with van der Waals surface area (Å²) < 4.78 is 4.75. The number of nitrogen functional groups attached to an aromatic ring is 1. The summed E-state index contributed by atoms with van der Waals surface area (Å²) in [5, 5.41) is 0. The summed E-state index contributed by atoms with van der Waals surface area (Å²) in [4.78, 5) is 15.0. The molecule has 1 aromatic heterocycles. The van der Waals surface area contributed by atoms with Gasteiger partial charge in [0, 0.05) is 29.7 Å². The van der Waals surface area contributed by atoms with Gasteiger partial charge in [0.2, 0.25) is 0 Å². The van der Waals surface area contributed by atoms with E-state index in [-0.39, 0.29) is 5.97 Å². The maximum absolute atomic E-state index is 11.0. The van der Waals surface area contributed by atoms with E-state index in [4.69, 9.17) is 10.5 Å². The minimum absolute atomic E-state index is 0.366. The van der Waals surface area contributed by atoms with Crippen LogP contribution in [0, 0.1) is 6.92 Å². The highest BCUT2D eigenvalue weighted by atomic mass is 16.5. The van der Waals surface area contributed by atoms with Crippen molar-refractivity contribution in [2.45, 2.75) is 13.8 Å². The summed E-state index contributed by atoms with van der Waals surface area (Å²) in [5.74, 6) is -0.376. The molecular weight excluding hydrogens is 192 g/mol. The van der Waals surface area contributed by atoms with Crippen molar-refractivity contribution in [3.63, 3.8) is 0 Å². The molecule has 0 unspecified atom stereocenters. The van der Waals surface area contributed by atoms with Crippen LogP contribution in [0.4, 0.5) is 5.69 Å². The van der Waals surface area contributed by atoms with Gasteiger partial charge in [-0.15, -0.1) is 0 Å². The zero-order chi connectivity index (χ0) is 11.3. The lowest BCUT2D eigenvalue weighted by atomic mass is 10.1. The fourth-order valence-electron chi connectivity index (χ4n) is 1.08. The molecule has 0 spiro atoms. The van der Waals surface area contributed by atoms with Crippen LogP contribution in [0.1, 0.15) is 18.1 Å². The molecule has 0 aliphatic heterocycles. The number of carbonyl (C=O) groups excluding carboxylic acids is 1. The van der Waals surface area contributed by atoms with Crippen molar-refractivity contribution < 1.29 is 9.53 Å². The Morgan fingerprint density at radius 3 is 3.00 bits per heavy atom. The molecule has 0 aliphatic rings. The van der Waals surface area contributed by atoms with Crippen molar-refractivity contribution in [3.8, 4) is 0 Å². The number of carbonyl (C=O) groups is 1. The van der Waals surface area contributed by atoms with Gasteiger partial charge in [-0.1, -0.05) is 0 Å². The van der Waals surface area contributed by atoms with Crippen LogP contribution >= 0.6 is 0 Å². The number of aryl methyl sites for hydroxylation is 1. The number of hydrogen-bond donors (Lipinski definition) is 1. The summed E-state index contributed by atoms with van der Waals surface area (Å²) in [5.41, 5.74) is 8.04. The van der Waals surface area contributed by atoms with E-state index >= 15 is 0 Å². The van der Waals surface area contributed by atoms with Gasteiger partial charge in [0.1, 0.15) is 0 Å². The first-order valence-electron chi connectivity index (χ1n) is 4.70. The maximum atomic E-state index is 11.0. The Morgan fingerprint density at radius 2 is 2.33 bits per heavy atom. The number of ether oxygens (including phenoxy) is 1. The van der Waals surface area contributed by atoms with Crippen molar-refractivity contribution in [2.75, 3.05) is 12.3 Å². The van der Waals surface area contributed by atoms with Crippen LogP contribution in [0.15, 0.2) is 18.5 Å². The lowest BCUT2D eigenvalue weighted by Gasteiger charge is -2.02. The van der Waals surface area contributed by atoms with E-state index in [1.54, 1.807) is 25.4 Å². The van der Waals surface area contributed by atoms with Crippen molar-refractivity contribution >= 4 is 17.7 Å². The van der Waals surface area contributed by atoms with Crippen molar-refractivity contribution in [1.82, 2.24) is 4.98 Å². The number of anilines is 1. The highest BCUT2D eigenvalue weighted by molar-refractivity contribution is 5.88. The van der Waals surface area contributed by atoms with E-state index in [0.29, 0.717) is 12.3 Å². The van der Waals surface area contributed by atoms with Crippen molar-refractivity contribution in [2.24, 2.45) is 0 Å². The van der Waals surface area contributed by atoms with Gasteiger partial charge in [0.05, 0.1) is 6.61 Å². The molecule has 0 saturated carbocycles. The third-order valence-corrected chi connectivity index (χ3v) is 1.90. The van der Waals surface area contributed by atoms with E-state index in [1.807, 2.05) is 6.92 Å². The number of esters is 1. The Kier molecular flexibility index (Phi) is 3.85. The zero-order valence-corrected chi connectivity index (χ0v) is 8.86. The van der Waals surface area contributed by atoms with Crippen LogP contribution in [0.2, 0.25) is 0 Å². The second kappa shape index (κ2) is 5.14. The van der Waals surface area contributed by atoms with E-state index in [1.165, 1.54) is 6.08 Å². The minimum atomic E-state index is -0.376. The summed E-state index contributed by atoms with van der Waals surface area (Å²) in [6.45, 7) is 3.99. The summed E-state index contributed by atoms with van der Waals surface area (Å²) in [6.07, 6.45) is 6.23. The molecule has 0 saturated heterocycles. The lowest BCUT2D eigenvalue weighted by Crippen LogP contribution is -1.99. The van der Waals surface area contributed by atoms with Crippen LogP contribution < -0.4 is 5.73 Å². The molecule has 1 rings (SSSR count). The molecule has 0 atom stereocenters. The molecule has 0 amide bonds. The van der Waals surface area contributed by atoms with Crippen LogP contribution in [0.5, 0.6) is 0 Å². The van der Waals surface area contributed by atoms with Crippen LogP contribution in [-0.2, 0) is 9.53 Å². The largest absolute Gasteiger partial charge is 0.463 e. The molecule has 1 heterocycles. The molecule has 1 aromatic rings. The first kappa shape index (κ1) is 11.2. The van der Waals surface area contributed by atoms with Crippen LogP contribution in [0.3, 0.4) is 0 Å². The monoisotopic (exact) mass is 206 g/mol. The minimum Gasteiger partial charge on any atom is -0.463 e. The maximum Gasteiger partial charge on any atom is 0.330 e. The zero-order valence-electron chi connectivity index (χ0n) is 8.86. The third-order valence-electron chi connectivity index (χ3n) is 1.90. The van der Waals surface area contributed by atoms with Gasteiger partial charge in [0.25, 0.3) is 0 Å². The number of hydrogen-bond acceptors (Lipinski definition) is 4. The Morgan fingerprint density at radius 1 is 1.60 bits per heavy atom. The summed E-state index contributed by atoms with van der Waals surface area (Å²) >= 11 is 0. The molecule has 15 heavy (non-hydrogen) atoms. The lowest BCUT2D eigenvalue weighted by molar-refractivity contribution is -0.137. The smallest absolute Gasteiger partial charge is 0.330 e. The molecule has 4 nitrogen and oxygen atoms in total. The standard InChI is InChI=1S/C11H14N2O2/c1-3-15-10(14)5-4-9-7-13-6-8(2)11(9)12/h4-7H,3H2,1-2H3,(H2,12,13)/b5-4+. The van der Waals surface area contributed by atoms with Crippen molar-refractivity contribution in [3.05, 3.63) is 29.6 Å². The molecule has 0 radical (unpaired) electrons. The number of nitrogens with two attached hydrogens (primary N) is 1.